The summed E-state index contributed by atoms with van der Waals surface area (Å²) in [5, 5.41) is 9.11. The van der Waals surface area contributed by atoms with Crippen molar-refractivity contribution in [1.29, 1.82) is 0 Å². The Morgan fingerprint density at radius 1 is 1.21 bits per heavy atom. The molecule has 1 saturated heterocycles. The van der Waals surface area contributed by atoms with Gasteiger partial charge < -0.3 is 10.0 Å². The number of carboxylic acid groups (broad SMARTS) is 1. The monoisotopic (exact) mass is 348 g/mol. The molecule has 7 heteroatoms. The summed E-state index contributed by atoms with van der Waals surface area (Å²) in [7, 11) is 0. The summed E-state index contributed by atoms with van der Waals surface area (Å²) in [4.78, 5) is 38.4. The summed E-state index contributed by atoms with van der Waals surface area (Å²) >= 11 is 1.69. The van der Waals surface area contributed by atoms with Crippen LogP contribution in [0.1, 0.15) is 40.0 Å². The van der Waals surface area contributed by atoms with Crippen LogP contribution in [0.3, 0.4) is 0 Å². The van der Waals surface area contributed by atoms with Crippen molar-refractivity contribution in [2.45, 2.75) is 25.3 Å². The van der Waals surface area contributed by atoms with E-state index in [9.17, 15) is 14.4 Å². The van der Waals surface area contributed by atoms with Crippen LogP contribution in [-0.4, -0.2) is 63.5 Å². The van der Waals surface area contributed by atoms with Crippen LogP contribution in [-0.2, 0) is 0 Å². The van der Waals surface area contributed by atoms with E-state index in [1.165, 1.54) is 9.80 Å². The lowest BCUT2D eigenvalue weighted by molar-refractivity contribution is 0.0654. The van der Waals surface area contributed by atoms with Gasteiger partial charge in [0.1, 0.15) is 0 Å². The number of likely N-dealkylation sites (tertiary alicyclic amines) is 1. The molecule has 3 rings (SSSR count). The van der Waals surface area contributed by atoms with Crippen LogP contribution < -0.4 is 0 Å². The fourth-order valence-corrected chi connectivity index (χ4v) is 4.37. The molecular weight excluding hydrogens is 328 g/mol. The summed E-state index contributed by atoms with van der Waals surface area (Å²) in [5.41, 5.74) is 0.969. The van der Waals surface area contributed by atoms with Crippen molar-refractivity contribution in [1.82, 2.24) is 9.80 Å². The highest BCUT2D eigenvalue weighted by Gasteiger charge is 2.34. The molecule has 0 radical (unpaired) electrons. The Balaban J connectivity index is 1.42. The first-order valence-corrected chi connectivity index (χ1v) is 9.27. The minimum atomic E-state index is -0.843. The van der Waals surface area contributed by atoms with Crippen LogP contribution in [0, 0.1) is 0 Å². The molecule has 1 aromatic carbocycles. The second-order valence-corrected chi connectivity index (χ2v) is 7.16. The van der Waals surface area contributed by atoms with Gasteiger partial charge in [0.25, 0.3) is 11.8 Å². The van der Waals surface area contributed by atoms with Crippen LogP contribution in [0.25, 0.3) is 0 Å². The van der Waals surface area contributed by atoms with Crippen LogP contribution in [0.4, 0.5) is 4.79 Å². The maximum Gasteiger partial charge on any atom is 0.407 e. The Hall–Kier alpha value is -2.02. The molecule has 1 atom stereocenters. The number of carbonyl (C=O) groups excluding carboxylic acids is 2. The molecule has 0 aliphatic carbocycles. The normalized spacial score (nSPS) is 19.9. The molecule has 1 N–H and O–H groups in total. The van der Waals surface area contributed by atoms with E-state index in [2.05, 4.69) is 0 Å². The third kappa shape index (κ3) is 3.26. The van der Waals surface area contributed by atoms with E-state index >= 15 is 0 Å². The number of rotatable bonds is 6. The van der Waals surface area contributed by atoms with Gasteiger partial charge in [0.05, 0.1) is 11.1 Å². The van der Waals surface area contributed by atoms with Gasteiger partial charge in [-0.15, -0.1) is 0 Å². The van der Waals surface area contributed by atoms with E-state index in [1.54, 1.807) is 36.0 Å². The lowest BCUT2D eigenvalue weighted by Crippen LogP contribution is -2.35. The largest absolute Gasteiger partial charge is 0.465 e. The smallest absolute Gasteiger partial charge is 0.407 e. The van der Waals surface area contributed by atoms with Gasteiger partial charge in [-0.05, 0) is 37.1 Å². The third-order valence-electron chi connectivity index (χ3n) is 4.48. The summed E-state index contributed by atoms with van der Waals surface area (Å²) in [6, 6.07) is 6.99. The van der Waals surface area contributed by atoms with Crippen molar-refractivity contribution in [3.63, 3.8) is 0 Å². The highest BCUT2D eigenvalue weighted by Crippen LogP contribution is 2.24. The summed E-state index contributed by atoms with van der Waals surface area (Å²) < 4.78 is 0. The Labute approximate surface area is 144 Å². The topological polar surface area (TPSA) is 77.9 Å². The molecule has 0 bridgehead atoms. The van der Waals surface area contributed by atoms with Crippen LogP contribution in [0.15, 0.2) is 24.3 Å². The molecule has 2 aliphatic heterocycles. The molecule has 0 spiro atoms. The maximum atomic E-state index is 12.2. The molecule has 24 heavy (non-hydrogen) atoms. The molecule has 2 heterocycles. The number of nitrogens with zero attached hydrogens (tertiary/aromatic N) is 2. The summed E-state index contributed by atoms with van der Waals surface area (Å²) in [6.07, 6.45) is 1.71. The number of fused-ring (bicyclic) bond motifs is 1. The highest BCUT2D eigenvalue weighted by molar-refractivity contribution is 7.99. The maximum absolute atomic E-state index is 12.2. The summed E-state index contributed by atoms with van der Waals surface area (Å²) in [6.45, 7) is 1.03. The fourth-order valence-electron chi connectivity index (χ4n) is 3.25. The summed E-state index contributed by atoms with van der Waals surface area (Å²) in [5.74, 6) is 1.15. The minimum Gasteiger partial charge on any atom is -0.465 e. The first-order chi connectivity index (χ1) is 11.6. The molecule has 1 fully saturated rings. The van der Waals surface area contributed by atoms with Crippen LogP contribution in [0.2, 0.25) is 0 Å². The number of hydrogen-bond donors (Lipinski definition) is 1. The van der Waals surface area contributed by atoms with Gasteiger partial charge >= 0.3 is 6.09 Å². The van der Waals surface area contributed by atoms with E-state index in [0.717, 1.165) is 30.8 Å². The van der Waals surface area contributed by atoms with Gasteiger partial charge in [0, 0.05) is 24.9 Å². The van der Waals surface area contributed by atoms with E-state index < -0.39 is 6.09 Å². The van der Waals surface area contributed by atoms with Crippen molar-refractivity contribution < 1.29 is 19.5 Å². The predicted molar refractivity (Wildman–Crippen MR) is 91.5 cm³/mol. The van der Waals surface area contributed by atoms with Crippen LogP contribution in [0.5, 0.6) is 0 Å². The van der Waals surface area contributed by atoms with Crippen molar-refractivity contribution in [3.8, 4) is 0 Å². The second kappa shape index (κ2) is 7.25. The van der Waals surface area contributed by atoms with E-state index in [4.69, 9.17) is 5.11 Å². The number of thioether (sulfide) groups is 1. The number of amides is 3. The predicted octanol–water partition coefficient (Wildman–Crippen LogP) is 2.55. The average Bonchev–Trinajstić information content (AvgIpc) is 3.13. The number of hydrogen-bond acceptors (Lipinski definition) is 4. The number of benzene rings is 1. The van der Waals surface area contributed by atoms with Gasteiger partial charge in [-0.1, -0.05) is 12.1 Å². The fraction of sp³-hybridized carbons (Fsp3) is 0.471. The Morgan fingerprint density at radius 3 is 2.50 bits per heavy atom. The molecule has 3 amide bonds. The molecular formula is C17H20N2O4S. The quantitative estimate of drug-likeness (QED) is 0.631. The molecule has 1 unspecified atom stereocenters. The number of carbonyl (C=O) groups is 3. The van der Waals surface area contributed by atoms with Gasteiger partial charge in [-0.2, -0.15) is 11.8 Å². The molecule has 0 saturated carbocycles. The average molecular weight is 348 g/mol. The van der Waals surface area contributed by atoms with Gasteiger partial charge in [0.15, 0.2) is 0 Å². The molecule has 0 aromatic heterocycles. The van der Waals surface area contributed by atoms with Crippen LogP contribution >= 0.6 is 11.8 Å². The van der Waals surface area contributed by atoms with Gasteiger partial charge in [0.2, 0.25) is 0 Å². The lowest BCUT2D eigenvalue weighted by Gasteiger charge is -2.21. The van der Waals surface area contributed by atoms with E-state index in [-0.39, 0.29) is 17.9 Å². The molecule has 1 aromatic rings. The van der Waals surface area contributed by atoms with Crippen molar-refractivity contribution >= 4 is 29.7 Å². The molecule has 128 valence electrons. The van der Waals surface area contributed by atoms with Gasteiger partial charge in [-0.25, -0.2) is 4.79 Å². The molecule has 6 nitrogen and oxygen atoms in total. The zero-order valence-corrected chi connectivity index (χ0v) is 14.1. The van der Waals surface area contributed by atoms with Crippen molar-refractivity contribution in [2.75, 3.05) is 24.6 Å². The van der Waals surface area contributed by atoms with E-state index in [1.807, 2.05) is 0 Å². The highest BCUT2D eigenvalue weighted by atomic mass is 32.2. The Kier molecular flexibility index (Phi) is 5.08. The first-order valence-electron chi connectivity index (χ1n) is 8.12. The second-order valence-electron chi connectivity index (χ2n) is 6.01. The number of imide groups is 1. The zero-order chi connectivity index (χ0) is 17.1. The zero-order valence-electron chi connectivity index (χ0n) is 13.3. The van der Waals surface area contributed by atoms with Gasteiger partial charge in [-0.3, -0.25) is 14.5 Å². The Bertz CT molecular complexity index is 629. The van der Waals surface area contributed by atoms with E-state index in [0.29, 0.717) is 24.2 Å². The SMILES string of the molecule is O=C1c2ccccc2C(=O)N1CCCSCC1CCCN1C(=O)O. The van der Waals surface area contributed by atoms with Crippen molar-refractivity contribution in [3.05, 3.63) is 35.4 Å². The molecule has 2 aliphatic rings. The lowest BCUT2D eigenvalue weighted by atomic mass is 10.1. The Morgan fingerprint density at radius 2 is 1.88 bits per heavy atom. The standard InChI is InChI=1S/C17H20N2O4S/c20-15-13-6-1-2-7-14(13)16(21)19(15)9-4-10-24-11-12-5-3-8-18(12)17(22)23/h1-2,6-7,12H,3-5,8-11H2,(H,22,23). The minimum absolute atomic E-state index is 0.0896. The first kappa shape index (κ1) is 16.8. The third-order valence-corrected chi connectivity index (χ3v) is 5.68. The van der Waals surface area contributed by atoms with Crippen molar-refractivity contribution in [2.24, 2.45) is 0 Å².